The van der Waals surface area contributed by atoms with Crippen molar-refractivity contribution in [1.82, 2.24) is 0 Å². The van der Waals surface area contributed by atoms with Gasteiger partial charge in [0.1, 0.15) is 0 Å². The van der Waals surface area contributed by atoms with Gasteiger partial charge >= 0.3 is 0 Å². The first-order valence-electron chi connectivity index (χ1n) is 10.6. The minimum absolute atomic E-state index is 0. The van der Waals surface area contributed by atoms with E-state index >= 15 is 0 Å². The third kappa shape index (κ3) is 15.6. The van der Waals surface area contributed by atoms with E-state index in [1.54, 1.807) is 0 Å². The second kappa shape index (κ2) is 16.5. The smallest absolute Gasteiger partial charge is 0.0395 e. The maximum Gasteiger partial charge on any atom is -0.0395 e. The lowest BCUT2D eigenvalue weighted by Gasteiger charge is -1.98. The Bertz CT molecular complexity index is 758. The zero-order chi connectivity index (χ0) is 22.4. The van der Waals surface area contributed by atoms with E-state index in [2.05, 4.69) is 118 Å². The fourth-order valence-corrected chi connectivity index (χ4v) is 2.32. The molecule has 0 atom stereocenters. The predicted molar refractivity (Wildman–Crippen MR) is 140 cm³/mol. The van der Waals surface area contributed by atoms with Crippen LogP contribution in [-0.4, -0.2) is 0 Å². The van der Waals surface area contributed by atoms with Gasteiger partial charge in [0.05, 0.1) is 0 Å². The van der Waals surface area contributed by atoms with Crippen LogP contribution < -0.4 is 0 Å². The average Bonchev–Trinajstić information content (AvgIpc) is 2.63. The molecule has 3 aromatic carbocycles. The van der Waals surface area contributed by atoms with E-state index in [4.69, 9.17) is 0 Å². The first kappa shape index (κ1) is 29.9. The maximum absolute atomic E-state index is 2.20. The Morgan fingerprint density at radius 3 is 0.967 bits per heavy atom. The molecule has 0 N–H and O–H groups in total. The van der Waals surface area contributed by atoms with Crippen LogP contribution in [0.2, 0.25) is 0 Å². The normalized spacial score (nSPS) is 9.03. The van der Waals surface area contributed by atoms with Crippen molar-refractivity contribution in [2.45, 2.75) is 76.7 Å². The van der Waals surface area contributed by atoms with Crippen molar-refractivity contribution in [3.8, 4) is 0 Å². The Hall–Kier alpha value is -2.34. The Morgan fingerprint density at radius 1 is 0.433 bits per heavy atom. The van der Waals surface area contributed by atoms with Crippen LogP contribution in [0.15, 0.2) is 66.7 Å². The fraction of sp³-hybridized carbons (Fsp3) is 0.400. The molecule has 0 bridgehead atoms. The van der Waals surface area contributed by atoms with Crippen LogP contribution in [0.3, 0.4) is 0 Å². The molecule has 0 aliphatic carbocycles. The molecule has 0 aliphatic heterocycles. The molecule has 0 spiro atoms. The minimum Gasteiger partial charge on any atom is -0.0776 e. The molecule has 0 amide bonds. The van der Waals surface area contributed by atoms with Gasteiger partial charge in [-0.05, 0) is 76.6 Å². The fourth-order valence-electron chi connectivity index (χ4n) is 2.32. The molecule has 0 heteroatoms. The summed E-state index contributed by atoms with van der Waals surface area (Å²) in [5, 5.41) is 0. The van der Waals surface area contributed by atoms with Gasteiger partial charge in [-0.1, -0.05) is 112 Å². The quantitative estimate of drug-likeness (QED) is 0.348. The number of hydrogen-bond acceptors (Lipinski definition) is 0. The Balaban J connectivity index is 0. The van der Waals surface area contributed by atoms with Gasteiger partial charge in [-0.3, -0.25) is 0 Å². The van der Waals surface area contributed by atoms with E-state index in [0.29, 0.717) is 0 Å². The lowest BCUT2D eigenvalue weighted by Crippen LogP contribution is -1.79. The average molecular weight is 407 g/mol. The van der Waals surface area contributed by atoms with Crippen molar-refractivity contribution in [3.05, 3.63) is 106 Å². The summed E-state index contributed by atoms with van der Waals surface area (Å²) in [6.45, 7) is 21.4. The van der Waals surface area contributed by atoms with Crippen molar-refractivity contribution >= 4 is 0 Å². The van der Waals surface area contributed by atoms with E-state index in [0.717, 1.165) is 5.92 Å². The summed E-state index contributed by atoms with van der Waals surface area (Å²) in [5.74, 6) is 0.833. The Labute approximate surface area is 188 Å². The van der Waals surface area contributed by atoms with Crippen LogP contribution in [0.4, 0.5) is 0 Å². The van der Waals surface area contributed by atoms with Gasteiger partial charge in [-0.15, -0.1) is 0 Å². The minimum atomic E-state index is 0. The van der Waals surface area contributed by atoms with Gasteiger partial charge in [0.25, 0.3) is 0 Å². The van der Waals surface area contributed by atoms with E-state index in [9.17, 15) is 0 Å². The molecule has 30 heavy (non-hydrogen) atoms. The van der Waals surface area contributed by atoms with Crippen molar-refractivity contribution in [2.75, 3.05) is 0 Å². The molecular weight excluding hydrogens is 360 g/mol. The molecule has 0 radical (unpaired) electrons. The largest absolute Gasteiger partial charge is 0.0776 e. The van der Waals surface area contributed by atoms with Gasteiger partial charge in [0.2, 0.25) is 0 Å². The number of rotatable bonds is 0. The number of hydrogen-bond donors (Lipinski definition) is 0. The van der Waals surface area contributed by atoms with E-state index < -0.39 is 0 Å². The molecule has 0 saturated heterocycles. The number of benzene rings is 3. The highest BCUT2D eigenvalue weighted by molar-refractivity contribution is 5.29. The first-order valence-corrected chi connectivity index (χ1v) is 10.6. The van der Waals surface area contributed by atoms with Crippen LogP contribution in [-0.2, 0) is 0 Å². The molecule has 0 unspecified atom stereocenters. The SMILES string of the molecule is C.CC(C)C.Cc1ccc(C)c(C)c1.Cc1ccc(C)c(C)c1.Cc1ccccc1. The highest BCUT2D eigenvalue weighted by Crippen LogP contribution is 2.08. The van der Waals surface area contributed by atoms with Gasteiger partial charge in [-0.25, -0.2) is 0 Å². The van der Waals surface area contributed by atoms with E-state index in [1.807, 2.05) is 18.2 Å². The second-order valence-corrected chi connectivity index (χ2v) is 8.56. The van der Waals surface area contributed by atoms with E-state index in [1.165, 1.54) is 38.9 Å². The van der Waals surface area contributed by atoms with Crippen LogP contribution >= 0.6 is 0 Å². The standard InChI is InChI=1S/2C9H12.C7H8.C4H10.CH4/c2*1-7-4-5-8(2)9(3)6-7;1-7-5-3-2-4-6-7;1-4(2)3;/h2*4-6H,1-3H3;2-6H,1H3;4H,1-3H3;1H4. The third-order valence-corrected chi connectivity index (χ3v) is 4.27. The number of aryl methyl sites for hydroxylation is 7. The summed E-state index contributed by atoms with van der Waals surface area (Å²) in [6.07, 6.45) is 0. The van der Waals surface area contributed by atoms with Crippen molar-refractivity contribution < 1.29 is 0 Å². The molecule has 0 aromatic heterocycles. The molecule has 3 aromatic rings. The topological polar surface area (TPSA) is 0 Å². The van der Waals surface area contributed by atoms with Crippen LogP contribution in [0.1, 0.15) is 67.1 Å². The molecule has 166 valence electrons. The highest BCUT2D eigenvalue weighted by atomic mass is 14.0. The summed E-state index contributed by atoms with van der Waals surface area (Å²) < 4.78 is 0. The molecule has 0 saturated carbocycles. The Kier molecular flexibility index (Phi) is 16.4. The van der Waals surface area contributed by atoms with Crippen molar-refractivity contribution in [2.24, 2.45) is 5.92 Å². The summed E-state index contributed by atoms with van der Waals surface area (Å²) in [4.78, 5) is 0. The van der Waals surface area contributed by atoms with Crippen molar-refractivity contribution in [1.29, 1.82) is 0 Å². The molecule has 3 rings (SSSR count). The van der Waals surface area contributed by atoms with E-state index in [-0.39, 0.29) is 7.43 Å². The van der Waals surface area contributed by atoms with Gasteiger partial charge in [0, 0.05) is 0 Å². The monoisotopic (exact) mass is 406 g/mol. The first-order chi connectivity index (χ1) is 13.5. The van der Waals surface area contributed by atoms with Crippen molar-refractivity contribution in [3.63, 3.8) is 0 Å². The molecular formula is C30H46. The summed E-state index contributed by atoms with van der Waals surface area (Å²) >= 11 is 0. The summed E-state index contributed by atoms with van der Waals surface area (Å²) in [6, 6.07) is 23.3. The third-order valence-electron chi connectivity index (χ3n) is 4.27. The molecule has 0 aliphatic rings. The summed E-state index contributed by atoms with van der Waals surface area (Å²) in [5.41, 5.74) is 9.53. The second-order valence-electron chi connectivity index (χ2n) is 8.56. The van der Waals surface area contributed by atoms with Gasteiger partial charge in [-0.2, -0.15) is 0 Å². The molecule has 0 heterocycles. The highest BCUT2D eigenvalue weighted by Gasteiger charge is 1.89. The zero-order valence-electron chi connectivity index (χ0n) is 20.4. The van der Waals surface area contributed by atoms with Crippen LogP contribution in [0.25, 0.3) is 0 Å². The zero-order valence-corrected chi connectivity index (χ0v) is 20.4. The molecule has 0 nitrogen and oxygen atoms in total. The van der Waals surface area contributed by atoms with Crippen LogP contribution in [0, 0.1) is 54.4 Å². The molecule has 0 fully saturated rings. The predicted octanol–water partition coefficient (Wildman–Crippen LogP) is 9.52. The summed E-state index contributed by atoms with van der Waals surface area (Å²) in [7, 11) is 0. The lowest BCUT2D eigenvalue weighted by molar-refractivity contribution is 0.737. The van der Waals surface area contributed by atoms with Gasteiger partial charge < -0.3 is 0 Å². The lowest BCUT2D eigenvalue weighted by atomic mass is 10.1. The van der Waals surface area contributed by atoms with Gasteiger partial charge in [0.15, 0.2) is 0 Å². The maximum atomic E-state index is 2.20. The van der Waals surface area contributed by atoms with Crippen LogP contribution in [0.5, 0.6) is 0 Å². The Morgan fingerprint density at radius 2 is 0.767 bits per heavy atom.